The van der Waals surface area contributed by atoms with Gasteiger partial charge in [-0.25, -0.2) is 0 Å². The molecule has 9 heteroatoms. The number of halogens is 1. The number of rotatable bonds is 6. The van der Waals surface area contributed by atoms with Crippen molar-refractivity contribution in [3.8, 4) is 0 Å². The Hall–Kier alpha value is -1.36. The summed E-state index contributed by atoms with van der Waals surface area (Å²) in [6.45, 7) is 6.03. The molecular formula is C16H26IN7S. The van der Waals surface area contributed by atoms with Gasteiger partial charge in [-0.1, -0.05) is 0 Å². The van der Waals surface area contributed by atoms with Gasteiger partial charge >= 0.3 is 0 Å². The molecule has 1 aliphatic heterocycles. The van der Waals surface area contributed by atoms with Crippen LogP contribution in [-0.4, -0.2) is 65.4 Å². The number of piperazine rings is 1. The van der Waals surface area contributed by atoms with E-state index < -0.39 is 0 Å². The first-order valence-electron chi connectivity index (χ1n) is 8.43. The van der Waals surface area contributed by atoms with E-state index in [1.54, 1.807) is 12.7 Å². The number of hydrogen-bond acceptors (Lipinski definition) is 5. The third-order valence-corrected chi connectivity index (χ3v) is 5.13. The molecule has 25 heavy (non-hydrogen) atoms. The van der Waals surface area contributed by atoms with E-state index in [1.807, 2.05) is 23.0 Å². The summed E-state index contributed by atoms with van der Waals surface area (Å²) in [7, 11) is 1.87. The van der Waals surface area contributed by atoms with Crippen molar-refractivity contribution in [3.05, 3.63) is 30.2 Å². The number of aryl methyl sites for hydroxylation is 1. The summed E-state index contributed by atoms with van der Waals surface area (Å²) in [5.74, 6) is 1.02. The van der Waals surface area contributed by atoms with E-state index >= 15 is 0 Å². The second kappa shape index (κ2) is 10.6. The van der Waals surface area contributed by atoms with Crippen molar-refractivity contribution in [2.45, 2.75) is 19.4 Å². The monoisotopic (exact) mass is 475 g/mol. The minimum atomic E-state index is 0. The quantitative estimate of drug-likeness (QED) is 0.300. The topological polar surface area (TPSA) is 61.6 Å². The molecule has 138 valence electrons. The highest BCUT2D eigenvalue weighted by atomic mass is 127. The number of unbranched alkanes of at least 4 members (excludes halogenated alkanes) is 1. The van der Waals surface area contributed by atoms with Crippen LogP contribution in [0.15, 0.2) is 35.2 Å². The van der Waals surface area contributed by atoms with E-state index in [1.165, 1.54) is 5.00 Å². The Morgan fingerprint density at radius 1 is 1.20 bits per heavy atom. The van der Waals surface area contributed by atoms with E-state index in [0.29, 0.717) is 0 Å². The molecule has 0 aliphatic carbocycles. The van der Waals surface area contributed by atoms with Gasteiger partial charge in [-0.2, -0.15) is 0 Å². The van der Waals surface area contributed by atoms with E-state index in [2.05, 4.69) is 47.8 Å². The van der Waals surface area contributed by atoms with E-state index in [4.69, 9.17) is 0 Å². The van der Waals surface area contributed by atoms with Crippen molar-refractivity contribution < 1.29 is 0 Å². The number of thiophene rings is 1. The average molecular weight is 475 g/mol. The van der Waals surface area contributed by atoms with Gasteiger partial charge in [0, 0.05) is 46.3 Å². The van der Waals surface area contributed by atoms with Crippen LogP contribution in [-0.2, 0) is 6.54 Å². The number of nitrogens with one attached hydrogen (secondary N) is 1. The first kappa shape index (κ1) is 20.0. The summed E-state index contributed by atoms with van der Waals surface area (Å²) in [5.41, 5.74) is 0. The van der Waals surface area contributed by atoms with Gasteiger partial charge < -0.3 is 19.7 Å². The molecule has 0 aromatic carbocycles. The third kappa shape index (κ3) is 5.84. The number of anilines is 1. The molecule has 3 rings (SSSR count). The smallest absolute Gasteiger partial charge is 0.193 e. The molecule has 0 radical (unpaired) electrons. The van der Waals surface area contributed by atoms with Crippen molar-refractivity contribution in [1.82, 2.24) is 25.0 Å². The molecule has 1 aliphatic rings. The molecule has 0 atom stereocenters. The van der Waals surface area contributed by atoms with Gasteiger partial charge in [0.2, 0.25) is 0 Å². The number of nitrogens with zero attached hydrogens (tertiary/aromatic N) is 6. The van der Waals surface area contributed by atoms with Crippen molar-refractivity contribution in [3.63, 3.8) is 0 Å². The Balaban J connectivity index is 0.00000225. The molecule has 0 bridgehead atoms. The van der Waals surface area contributed by atoms with Gasteiger partial charge in [0.15, 0.2) is 5.96 Å². The first-order valence-corrected chi connectivity index (χ1v) is 9.31. The zero-order valence-corrected chi connectivity index (χ0v) is 17.7. The van der Waals surface area contributed by atoms with Crippen LogP contribution in [0.3, 0.4) is 0 Å². The van der Waals surface area contributed by atoms with Crippen LogP contribution in [0, 0.1) is 0 Å². The van der Waals surface area contributed by atoms with Crippen molar-refractivity contribution in [2.75, 3.05) is 44.7 Å². The molecule has 1 N–H and O–H groups in total. The van der Waals surface area contributed by atoms with E-state index in [-0.39, 0.29) is 24.0 Å². The normalized spacial score (nSPS) is 15.2. The molecular weight excluding hydrogens is 449 g/mol. The Morgan fingerprint density at radius 3 is 2.60 bits per heavy atom. The fourth-order valence-corrected chi connectivity index (χ4v) is 3.66. The van der Waals surface area contributed by atoms with Crippen LogP contribution in [0.5, 0.6) is 0 Å². The van der Waals surface area contributed by atoms with Crippen LogP contribution in [0.1, 0.15) is 12.8 Å². The molecule has 7 nitrogen and oxygen atoms in total. The molecule has 0 saturated carbocycles. The van der Waals surface area contributed by atoms with Gasteiger partial charge in [0.05, 0.1) is 5.00 Å². The summed E-state index contributed by atoms with van der Waals surface area (Å²) >= 11 is 1.81. The number of aromatic nitrogens is 3. The molecule has 1 fully saturated rings. The molecule has 0 spiro atoms. The predicted molar refractivity (Wildman–Crippen MR) is 114 cm³/mol. The number of guanidine groups is 1. The van der Waals surface area contributed by atoms with Crippen LogP contribution in [0.2, 0.25) is 0 Å². The molecule has 2 aromatic heterocycles. The van der Waals surface area contributed by atoms with Gasteiger partial charge in [0.1, 0.15) is 12.7 Å². The van der Waals surface area contributed by atoms with Crippen molar-refractivity contribution in [2.24, 2.45) is 4.99 Å². The van der Waals surface area contributed by atoms with Gasteiger partial charge in [-0.15, -0.1) is 45.5 Å². The highest BCUT2D eigenvalue weighted by Crippen LogP contribution is 2.22. The fourth-order valence-electron chi connectivity index (χ4n) is 2.88. The maximum Gasteiger partial charge on any atom is 0.193 e. The molecule has 0 unspecified atom stereocenters. The van der Waals surface area contributed by atoms with Crippen LogP contribution >= 0.6 is 35.3 Å². The Kier molecular flexibility index (Phi) is 8.45. The highest BCUT2D eigenvalue weighted by molar-refractivity contribution is 14.0. The molecule has 0 amide bonds. The minimum Gasteiger partial charge on any atom is -0.360 e. The van der Waals surface area contributed by atoms with Gasteiger partial charge in [-0.3, -0.25) is 4.99 Å². The van der Waals surface area contributed by atoms with E-state index in [9.17, 15) is 0 Å². The first-order chi connectivity index (χ1) is 11.9. The molecule has 3 heterocycles. The Morgan fingerprint density at radius 2 is 1.96 bits per heavy atom. The summed E-state index contributed by atoms with van der Waals surface area (Å²) in [5, 5.41) is 14.6. The zero-order chi connectivity index (χ0) is 16.6. The standard InChI is InChI=1S/C16H25N7S.HI/c1-17-16(18-6-2-3-7-21-13-19-20-14-21)23-10-8-22(9-11-23)15-5-4-12-24-15;/h4-5,12-14H,2-3,6-11H2,1H3,(H,17,18);1H. The number of aliphatic imine (C=N–C) groups is 1. The Bertz CT molecular complexity index is 606. The van der Waals surface area contributed by atoms with Crippen molar-refractivity contribution >= 4 is 46.3 Å². The van der Waals surface area contributed by atoms with Crippen LogP contribution in [0.25, 0.3) is 0 Å². The summed E-state index contributed by atoms with van der Waals surface area (Å²) in [4.78, 5) is 9.24. The maximum atomic E-state index is 4.44. The van der Waals surface area contributed by atoms with Crippen molar-refractivity contribution in [1.29, 1.82) is 0 Å². The second-order valence-corrected chi connectivity index (χ2v) is 6.73. The largest absolute Gasteiger partial charge is 0.360 e. The highest BCUT2D eigenvalue weighted by Gasteiger charge is 2.19. The van der Waals surface area contributed by atoms with Crippen LogP contribution < -0.4 is 10.2 Å². The zero-order valence-electron chi connectivity index (χ0n) is 14.5. The molecule has 1 saturated heterocycles. The lowest BCUT2D eigenvalue weighted by Crippen LogP contribution is -2.52. The lowest BCUT2D eigenvalue weighted by atomic mass is 10.3. The fraction of sp³-hybridized carbons (Fsp3) is 0.562. The lowest BCUT2D eigenvalue weighted by molar-refractivity contribution is 0.373. The van der Waals surface area contributed by atoms with E-state index in [0.717, 1.165) is 58.1 Å². The second-order valence-electron chi connectivity index (χ2n) is 5.81. The van der Waals surface area contributed by atoms with Gasteiger partial charge in [0.25, 0.3) is 0 Å². The summed E-state index contributed by atoms with van der Waals surface area (Å²) < 4.78 is 2.01. The summed E-state index contributed by atoms with van der Waals surface area (Å²) in [6, 6.07) is 4.32. The predicted octanol–water partition coefficient (Wildman–Crippen LogP) is 2.14. The number of hydrogen-bond donors (Lipinski definition) is 1. The SMILES string of the molecule is CN=C(NCCCCn1cnnc1)N1CCN(c2cccs2)CC1.I. The lowest BCUT2D eigenvalue weighted by Gasteiger charge is -2.37. The minimum absolute atomic E-state index is 0. The van der Waals surface area contributed by atoms with Crippen LogP contribution in [0.4, 0.5) is 5.00 Å². The molecule has 2 aromatic rings. The Labute approximate surface area is 170 Å². The van der Waals surface area contributed by atoms with Gasteiger partial charge in [-0.05, 0) is 30.4 Å². The summed E-state index contributed by atoms with van der Waals surface area (Å²) in [6.07, 6.45) is 5.74. The third-order valence-electron chi connectivity index (χ3n) is 4.20. The average Bonchev–Trinajstić information content (AvgIpc) is 3.32. The maximum absolute atomic E-state index is 4.44.